The van der Waals surface area contributed by atoms with Crippen molar-refractivity contribution < 1.29 is 24.2 Å². The van der Waals surface area contributed by atoms with E-state index < -0.39 is 24.4 Å². The van der Waals surface area contributed by atoms with E-state index in [4.69, 9.17) is 4.74 Å². The van der Waals surface area contributed by atoms with Crippen LogP contribution in [0.4, 0.5) is 0 Å². The highest BCUT2D eigenvalue weighted by Crippen LogP contribution is 2.21. The van der Waals surface area contributed by atoms with E-state index in [1.807, 2.05) is 0 Å². The normalized spacial score (nSPS) is 10.6. The molecule has 2 N–H and O–H groups in total. The van der Waals surface area contributed by atoms with E-state index in [1.54, 1.807) is 26.0 Å². The van der Waals surface area contributed by atoms with Gasteiger partial charge in [-0.2, -0.15) is 5.10 Å². The van der Waals surface area contributed by atoms with Crippen LogP contribution < -0.4 is 20.6 Å². The molecule has 0 bridgehead atoms. The Morgan fingerprint density at radius 1 is 1.35 bits per heavy atom. The van der Waals surface area contributed by atoms with E-state index in [0.29, 0.717) is 10.0 Å². The van der Waals surface area contributed by atoms with E-state index in [0.717, 1.165) is 0 Å². The number of hydrogen-bond donors (Lipinski definition) is 2. The molecule has 0 aliphatic carbocycles. The molecule has 1 aromatic rings. The van der Waals surface area contributed by atoms with Gasteiger partial charge in [-0.15, -0.1) is 0 Å². The number of carboxylic acid groups (broad SMARTS) is 1. The number of rotatable bonds is 6. The van der Waals surface area contributed by atoms with Crippen LogP contribution >= 0.6 is 15.9 Å². The first-order valence-electron chi connectivity index (χ1n) is 6.55. The largest absolute Gasteiger partial charge is 0.546 e. The number of hydrazone groups is 1. The van der Waals surface area contributed by atoms with Crippen LogP contribution in [0.2, 0.25) is 0 Å². The summed E-state index contributed by atoms with van der Waals surface area (Å²) in [5.41, 5.74) is 2.47. The summed E-state index contributed by atoms with van der Waals surface area (Å²) in [5, 5.41) is 16.5. The van der Waals surface area contributed by atoms with Gasteiger partial charge in [0.25, 0.3) is 0 Å². The summed E-state index contributed by atoms with van der Waals surface area (Å²) in [7, 11) is 0. The van der Waals surface area contributed by atoms with Crippen LogP contribution in [-0.2, 0) is 14.4 Å². The number of aliphatic carboxylic acids is 1. The Morgan fingerprint density at radius 3 is 2.65 bits per heavy atom. The molecule has 124 valence electrons. The van der Waals surface area contributed by atoms with Gasteiger partial charge >= 0.3 is 11.8 Å². The Kier molecular flexibility index (Phi) is 7.20. The molecule has 0 radical (unpaired) electrons. The number of benzene rings is 1. The minimum atomic E-state index is -1.37. The van der Waals surface area contributed by atoms with Crippen LogP contribution in [0, 0.1) is 0 Å². The third-order valence-electron chi connectivity index (χ3n) is 2.31. The van der Waals surface area contributed by atoms with Crippen LogP contribution in [0.1, 0.15) is 19.4 Å². The molecule has 0 saturated carbocycles. The zero-order valence-electron chi connectivity index (χ0n) is 12.5. The topological polar surface area (TPSA) is 120 Å². The average molecular weight is 385 g/mol. The van der Waals surface area contributed by atoms with Gasteiger partial charge in [-0.25, -0.2) is 5.43 Å². The van der Waals surface area contributed by atoms with Crippen LogP contribution in [0.25, 0.3) is 0 Å². The summed E-state index contributed by atoms with van der Waals surface area (Å²) >= 11 is 3.25. The van der Waals surface area contributed by atoms with Crippen molar-refractivity contribution in [1.29, 1.82) is 0 Å². The molecule has 1 rings (SSSR count). The SMILES string of the molecule is CC(C)NC(=O)C(=O)N/N=C\c1cc(Br)ccc1OCC(=O)[O-]. The number of carbonyl (C=O) groups excluding carboxylic acids is 3. The van der Waals surface area contributed by atoms with Gasteiger partial charge in [-0.3, -0.25) is 9.59 Å². The second-order valence-corrected chi connectivity index (χ2v) is 5.59. The van der Waals surface area contributed by atoms with Gasteiger partial charge in [0.15, 0.2) is 0 Å². The third kappa shape index (κ3) is 6.92. The quantitative estimate of drug-likeness (QED) is 0.391. The molecule has 23 heavy (non-hydrogen) atoms. The lowest BCUT2D eigenvalue weighted by Gasteiger charge is -2.10. The van der Waals surface area contributed by atoms with Crippen LogP contribution in [0.5, 0.6) is 5.75 Å². The van der Waals surface area contributed by atoms with Gasteiger partial charge in [0.2, 0.25) is 0 Å². The summed E-state index contributed by atoms with van der Waals surface area (Å²) in [6, 6.07) is 4.61. The molecule has 2 amide bonds. The maximum atomic E-state index is 11.5. The van der Waals surface area contributed by atoms with Gasteiger partial charge in [0.05, 0.1) is 12.2 Å². The molecule has 0 spiro atoms. The highest BCUT2D eigenvalue weighted by atomic mass is 79.9. The van der Waals surface area contributed by atoms with Crippen molar-refractivity contribution >= 4 is 39.9 Å². The maximum Gasteiger partial charge on any atom is 0.329 e. The van der Waals surface area contributed by atoms with Crippen molar-refractivity contribution in [2.45, 2.75) is 19.9 Å². The minimum Gasteiger partial charge on any atom is -0.546 e. The first kappa shape index (κ1) is 18.6. The minimum absolute atomic E-state index is 0.174. The van der Waals surface area contributed by atoms with E-state index in [9.17, 15) is 19.5 Å². The summed E-state index contributed by atoms with van der Waals surface area (Å²) in [6.07, 6.45) is 1.23. The van der Waals surface area contributed by atoms with E-state index in [2.05, 4.69) is 31.8 Å². The lowest BCUT2D eigenvalue weighted by molar-refractivity contribution is -0.307. The van der Waals surface area contributed by atoms with E-state index >= 15 is 0 Å². The van der Waals surface area contributed by atoms with E-state index in [-0.39, 0.29) is 11.8 Å². The molecule has 0 atom stereocenters. The standard InChI is InChI=1S/C14H16BrN3O5/c1-8(2)17-13(21)14(22)18-16-6-9-5-10(15)3-4-11(9)23-7-12(19)20/h3-6,8H,7H2,1-2H3,(H,17,21)(H,18,22)(H,19,20)/p-1/b16-6-. The summed E-state index contributed by atoms with van der Waals surface area (Å²) in [6.45, 7) is 2.82. The van der Waals surface area contributed by atoms with Gasteiger partial charge in [-0.1, -0.05) is 15.9 Å². The van der Waals surface area contributed by atoms with E-state index in [1.165, 1.54) is 12.3 Å². The first-order chi connectivity index (χ1) is 10.8. The highest BCUT2D eigenvalue weighted by molar-refractivity contribution is 9.10. The number of carboxylic acids is 1. The lowest BCUT2D eigenvalue weighted by atomic mass is 10.2. The Bertz CT molecular complexity index is 631. The Morgan fingerprint density at radius 2 is 2.04 bits per heavy atom. The van der Waals surface area contributed by atoms with Crippen molar-refractivity contribution in [3.05, 3.63) is 28.2 Å². The van der Waals surface area contributed by atoms with Gasteiger partial charge in [-0.05, 0) is 32.0 Å². The first-order valence-corrected chi connectivity index (χ1v) is 7.35. The predicted octanol–water partition coefficient (Wildman–Crippen LogP) is -0.448. The number of nitrogens with zero attached hydrogens (tertiary/aromatic N) is 1. The van der Waals surface area contributed by atoms with Crippen LogP contribution in [-0.4, -0.2) is 36.6 Å². The van der Waals surface area contributed by atoms with Gasteiger partial charge < -0.3 is 20.0 Å². The Hall–Kier alpha value is -2.42. The fourth-order valence-electron chi connectivity index (χ4n) is 1.43. The molecule has 0 aliphatic heterocycles. The molecule has 0 aromatic heterocycles. The van der Waals surface area contributed by atoms with Crippen LogP contribution in [0.3, 0.4) is 0 Å². The number of ether oxygens (including phenoxy) is 1. The summed E-state index contributed by atoms with van der Waals surface area (Å²) < 4.78 is 5.74. The molecule has 0 fully saturated rings. The molecular formula is C14H15BrN3O5-. The molecular weight excluding hydrogens is 370 g/mol. The molecule has 9 heteroatoms. The van der Waals surface area contributed by atoms with Gasteiger partial charge in [0.1, 0.15) is 12.4 Å². The average Bonchev–Trinajstić information content (AvgIpc) is 2.45. The second kappa shape index (κ2) is 8.89. The highest BCUT2D eigenvalue weighted by Gasteiger charge is 2.13. The maximum absolute atomic E-state index is 11.5. The Balaban J connectivity index is 2.75. The summed E-state index contributed by atoms with van der Waals surface area (Å²) in [4.78, 5) is 33.3. The molecule has 1 aromatic carbocycles. The second-order valence-electron chi connectivity index (χ2n) is 4.67. The molecule has 0 heterocycles. The Labute approximate surface area is 141 Å². The van der Waals surface area contributed by atoms with Crippen molar-refractivity contribution in [2.75, 3.05) is 6.61 Å². The smallest absolute Gasteiger partial charge is 0.329 e. The van der Waals surface area contributed by atoms with Crippen molar-refractivity contribution in [2.24, 2.45) is 5.10 Å². The number of hydrogen-bond acceptors (Lipinski definition) is 6. The molecule has 0 saturated heterocycles. The van der Waals surface area contributed by atoms with Crippen molar-refractivity contribution in [3.63, 3.8) is 0 Å². The zero-order valence-corrected chi connectivity index (χ0v) is 14.0. The van der Waals surface area contributed by atoms with Crippen molar-refractivity contribution in [1.82, 2.24) is 10.7 Å². The number of nitrogens with one attached hydrogen (secondary N) is 2. The molecule has 0 aliphatic rings. The lowest BCUT2D eigenvalue weighted by Crippen LogP contribution is -2.41. The molecule has 8 nitrogen and oxygen atoms in total. The number of amides is 2. The number of carbonyl (C=O) groups is 3. The molecule has 0 unspecified atom stereocenters. The van der Waals surface area contributed by atoms with Crippen LogP contribution in [0.15, 0.2) is 27.8 Å². The fraction of sp³-hybridized carbons (Fsp3) is 0.286. The van der Waals surface area contributed by atoms with Gasteiger partial charge in [0, 0.05) is 16.1 Å². The number of halogens is 1. The monoisotopic (exact) mass is 384 g/mol. The fourth-order valence-corrected chi connectivity index (χ4v) is 1.81. The predicted molar refractivity (Wildman–Crippen MR) is 83.7 cm³/mol. The zero-order chi connectivity index (χ0) is 17.4. The summed E-state index contributed by atoms with van der Waals surface area (Å²) in [5.74, 6) is -2.85. The third-order valence-corrected chi connectivity index (χ3v) is 2.81. The van der Waals surface area contributed by atoms with Crippen molar-refractivity contribution in [3.8, 4) is 5.75 Å².